The van der Waals surface area contributed by atoms with Crippen molar-refractivity contribution in [2.45, 2.75) is 34.1 Å². The first-order valence-electron chi connectivity index (χ1n) is 4.96. The standard InChI is InChI=1S/C8H15NO2.C2H6/c1-7(10)11-6-8(2)3-4-9-5-8;1-2/h9H,3-6H2,1-2H3;1-2H3. The molecule has 0 bridgehead atoms. The Morgan fingerprint density at radius 2 is 2.15 bits per heavy atom. The first-order chi connectivity index (χ1) is 6.12. The molecule has 0 spiro atoms. The number of hydrogen-bond acceptors (Lipinski definition) is 3. The molecule has 1 N–H and O–H groups in total. The van der Waals surface area contributed by atoms with Gasteiger partial charge in [0.05, 0.1) is 6.61 Å². The zero-order chi connectivity index (χ0) is 10.3. The summed E-state index contributed by atoms with van der Waals surface area (Å²) in [5.41, 5.74) is 0.172. The van der Waals surface area contributed by atoms with Crippen LogP contribution in [0.4, 0.5) is 0 Å². The van der Waals surface area contributed by atoms with Gasteiger partial charge in [-0.2, -0.15) is 0 Å². The third-order valence-electron chi connectivity index (χ3n) is 2.08. The Labute approximate surface area is 80.8 Å². The highest BCUT2D eigenvalue weighted by atomic mass is 16.5. The SMILES string of the molecule is CC.CC(=O)OCC1(C)CCNC1. The lowest BCUT2D eigenvalue weighted by Gasteiger charge is -2.21. The molecule has 3 nitrogen and oxygen atoms in total. The Morgan fingerprint density at radius 1 is 1.54 bits per heavy atom. The summed E-state index contributed by atoms with van der Waals surface area (Å²) < 4.78 is 4.95. The third kappa shape index (κ3) is 4.88. The first kappa shape index (κ1) is 12.4. The lowest BCUT2D eigenvalue weighted by Crippen LogP contribution is -2.26. The summed E-state index contributed by atoms with van der Waals surface area (Å²) in [5.74, 6) is -0.182. The van der Waals surface area contributed by atoms with E-state index in [9.17, 15) is 4.79 Å². The van der Waals surface area contributed by atoms with Crippen LogP contribution >= 0.6 is 0 Å². The van der Waals surface area contributed by atoms with Crippen LogP contribution in [0.3, 0.4) is 0 Å². The predicted octanol–water partition coefficient (Wildman–Crippen LogP) is 1.58. The van der Waals surface area contributed by atoms with Gasteiger partial charge in [0, 0.05) is 18.9 Å². The van der Waals surface area contributed by atoms with Crippen molar-refractivity contribution in [2.75, 3.05) is 19.7 Å². The Kier molecular flexibility index (Phi) is 5.71. The smallest absolute Gasteiger partial charge is 0.302 e. The maximum Gasteiger partial charge on any atom is 0.302 e. The minimum Gasteiger partial charge on any atom is -0.465 e. The van der Waals surface area contributed by atoms with Crippen LogP contribution in [0.1, 0.15) is 34.1 Å². The molecule has 0 aromatic heterocycles. The first-order valence-corrected chi connectivity index (χ1v) is 4.96. The quantitative estimate of drug-likeness (QED) is 0.667. The molecule has 1 aliphatic heterocycles. The highest BCUT2D eigenvalue weighted by Crippen LogP contribution is 2.24. The number of ether oxygens (including phenoxy) is 1. The summed E-state index contributed by atoms with van der Waals surface area (Å²) in [7, 11) is 0. The molecule has 1 aliphatic rings. The van der Waals surface area contributed by atoms with Crippen LogP contribution in [0.15, 0.2) is 0 Å². The molecular weight excluding hydrogens is 166 g/mol. The number of carbonyl (C=O) groups excluding carboxylic acids is 1. The van der Waals surface area contributed by atoms with Crippen LogP contribution in [0, 0.1) is 5.41 Å². The molecule has 13 heavy (non-hydrogen) atoms. The van der Waals surface area contributed by atoms with E-state index >= 15 is 0 Å². The Balaban J connectivity index is 0.000000671. The monoisotopic (exact) mass is 187 g/mol. The lowest BCUT2D eigenvalue weighted by atomic mass is 9.91. The van der Waals surface area contributed by atoms with E-state index in [0.29, 0.717) is 6.61 Å². The zero-order valence-corrected chi connectivity index (χ0v) is 9.14. The number of nitrogens with one attached hydrogen (secondary N) is 1. The van der Waals surface area contributed by atoms with Crippen LogP contribution in [-0.4, -0.2) is 25.7 Å². The fourth-order valence-electron chi connectivity index (χ4n) is 1.27. The molecule has 0 aliphatic carbocycles. The van der Waals surface area contributed by atoms with Gasteiger partial charge in [-0.15, -0.1) is 0 Å². The number of esters is 1. The summed E-state index contributed by atoms with van der Waals surface area (Å²) in [4.78, 5) is 10.5. The van der Waals surface area contributed by atoms with E-state index in [4.69, 9.17) is 4.74 Å². The van der Waals surface area contributed by atoms with Crippen molar-refractivity contribution in [1.29, 1.82) is 0 Å². The average Bonchev–Trinajstić information content (AvgIpc) is 2.54. The maximum atomic E-state index is 10.5. The number of rotatable bonds is 2. The van der Waals surface area contributed by atoms with Crippen molar-refractivity contribution in [3.8, 4) is 0 Å². The molecule has 78 valence electrons. The molecule has 0 saturated carbocycles. The van der Waals surface area contributed by atoms with E-state index in [1.165, 1.54) is 6.92 Å². The molecule has 1 heterocycles. The van der Waals surface area contributed by atoms with Crippen molar-refractivity contribution < 1.29 is 9.53 Å². The molecule has 1 rings (SSSR count). The van der Waals surface area contributed by atoms with Gasteiger partial charge >= 0.3 is 5.97 Å². The molecule has 1 unspecified atom stereocenters. The molecule has 1 atom stereocenters. The second kappa shape index (κ2) is 5.97. The highest BCUT2D eigenvalue weighted by Gasteiger charge is 2.29. The van der Waals surface area contributed by atoms with Gasteiger partial charge in [-0.3, -0.25) is 4.79 Å². The van der Waals surface area contributed by atoms with Gasteiger partial charge < -0.3 is 10.1 Å². The fourth-order valence-corrected chi connectivity index (χ4v) is 1.27. The van der Waals surface area contributed by atoms with Crippen molar-refractivity contribution in [2.24, 2.45) is 5.41 Å². The molecule has 0 aromatic rings. The summed E-state index contributed by atoms with van der Waals surface area (Å²) in [5, 5.41) is 3.25. The van der Waals surface area contributed by atoms with E-state index < -0.39 is 0 Å². The van der Waals surface area contributed by atoms with Crippen molar-refractivity contribution in [1.82, 2.24) is 5.32 Å². The van der Waals surface area contributed by atoms with Crippen LogP contribution in [0.2, 0.25) is 0 Å². The summed E-state index contributed by atoms with van der Waals surface area (Å²) in [6.07, 6.45) is 1.10. The number of carbonyl (C=O) groups is 1. The highest BCUT2D eigenvalue weighted by molar-refractivity contribution is 5.65. The molecule has 3 heteroatoms. The predicted molar refractivity (Wildman–Crippen MR) is 53.6 cm³/mol. The second-order valence-electron chi connectivity index (χ2n) is 3.52. The van der Waals surface area contributed by atoms with E-state index in [2.05, 4.69) is 12.2 Å². The molecule has 0 radical (unpaired) electrons. The van der Waals surface area contributed by atoms with Crippen molar-refractivity contribution in [3.63, 3.8) is 0 Å². The van der Waals surface area contributed by atoms with E-state index in [1.807, 2.05) is 13.8 Å². The largest absolute Gasteiger partial charge is 0.465 e. The van der Waals surface area contributed by atoms with Crippen LogP contribution < -0.4 is 5.32 Å². The maximum absolute atomic E-state index is 10.5. The summed E-state index contributed by atoms with van der Waals surface area (Å²) in [6, 6.07) is 0. The molecule has 1 saturated heterocycles. The zero-order valence-electron chi connectivity index (χ0n) is 9.14. The normalized spacial score (nSPS) is 26.2. The molecular formula is C10H21NO2. The number of hydrogen-bond donors (Lipinski definition) is 1. The Morgan fingerprint density at radius 3 is 2.54 bits per heavy atom. The van der Waals surface area contributed by atoms with Gasteiger partial charge in [-0.25, -0.2) is 0 Å². The van der Waals surface area contributed by atoms with Crippen molar-refractivity contribution >= 4 is 5.97 Å². The minimum atomic E-state index is -0.182. The van der Waals surface area contributed by atoms with E-state index in [0.717, 1.165) is 19.5 Å². The van der Waals surface area contributed by atoms with Gasteiger partial charge in [0.2, 0.25) is 0 Å². The summed E-state index contributed by atoms with van der Waals surface area (Å²) >= 11 is 0. The minimum absolute atomic E-state index is 0.172. The van der Waals surface area contributed by atoms with Gasteiger partial charge in [-0.05, 0) is 13.0 Å². The van der Waals surface area contributed by atoms with Gasteiger partial charge in [0.25, 0.3) is 0 Å². The Hall–Kier alpha value is -0.570. The fraction of sp³-hybridized carbons (Fsp3) is 0.900. The average molecular weight is 187 g/mol. The van der Waals surface area contributed by atoms with Gasteiger partial charge in [0.15, 0.2) is 0 Å². The molecule has 0 amide bonds. The van der Waals surface area contributed by atoms with Crippen molar-refractivity contribution in [3.05, 3.63) is 0 Å². The topological polar surface area (TPSA) is 38.3 Å². The van der Waals surface area contributed by atoms with Crippen LogP contribution in [0.5, 0.6) is 0 Å². The van der Waals surface area contributed by atoms with Gasteiger partial charge in [0.1, 0.15) is 0 Å². The lowest BCUT2D eigenvalue weighted by molar-refractivity contribution is -0.143. The third-order valence-corrected chi connectivity index (χ3v) is 2.08. The second-order valence-corrected chi connectivity index (χ2v) is 3.52. The van der Waals surface area contributed by atoms with E-state index in [1.54, 1.807) is 0 Å². The van der Waals surface area contributed by atoms with Gasteiger partial charge in [-0.1, -0.05) is 20.8 Å². The van der Waals surface area contributed by atoms with Crippen LogP contribution in [-0.2, 0) is 9.53 Å². The molecule has 0 aromatic carbocycles. The summed E-state index contributed by atoms with van der Waals surface area (Å²) in [6.45, 7) is 10.1. The molecule has 1 fully saturated rings. The van der Waals surface area contributed by atoms with E-state index in [-0.39, 0.29) is 11.4 Å². The Bertz CT molecular complexity index is 151. The van der Waals surface area contributed by atoms with Crippen LogP contribution in [0.25, 0.3) is 0 Å².